The Morgan fingerprint density at radius 3 is 2.78 bits per heavy atom. The topological polar surface area (TPSA) is 50.1 Å². The Labute approximate surface area is 108 Å². The van der Waals surface area contributed by atoms with Crippen LogP contribution in [0, 0.1) is 11.3 Å². The Morgan fingerprint density at radius 1 is 1.56 bits per heavy atom. The minimum atomic E-state index is -0.857. The summed E-state index contributed by atoms with van der Waals surface area (Å²) in [5.74, 6) is -0.326. The van der Waals surface area contributed by atoms with Crippen molar-refractivity contribution in [2.24, 2.45) is 0 Å². The summed E-state index contributed by atoms with van der Waals surface area (Å²) in [5.41, 5.74) is 0.324. The summed E-state index contributed by atoms with van der Waals surface area (Å²) in [6.45, 7) is 7.55. The Kier molecular flexibility index (Phi) is 4.67. The number of carbonyl (C=O) groups is 1. The van der Waals surface area contributed by atoms with Crippen molar-refractivity contribution < 1.29 is 9.53 Å². The number of nitriles is 1. The molecule has 0 amide bonds. The number of ether oxygens (including phenoxy) is 1. The Bertz CT molecular complexity index is 488. The minimum Gasteiger partial charge on any atom is -0.465 e. The molecule has 1 aromatic rings. The molecule has 0 fully saturated rings. The fourth-order valence-corrected chi connectivity index (χ4v) is 1.94. The largest absolute Gasteiger partial charge is 0.465 e. The van der Waals surface area contributed by atoms with Crippen LogP contribution in [0.5, 0.6) is 0 Å². The highest BCUT2D eigenvalue weighted by atomic mass is 16.5. The van der Waals surface area contributed by atoms with Gasteiger partial charge in [-0.3, -0.25) is 4.79 Å². The summed E-state index contributed by atoms with van der Waals surface area (Å²) in [4.78, 5) is 12.1. The predicted molar refractivity (Wildman–Crippen MR) is 70.0 cm³/mol. The van der Waals surface area contributed by atoms with Crippen LogP contribution in [0.4, 0.5) is 0 Å². The van der Waals surface area contributed by atoms with Gasteiger partial charge in [0.1, 0.15) is 0 Å². The van der Waals surface area contributed by atoms with E-state index in [9.17, 15) is 4.79 Å². The first kappa shape index (κ1) is 14.0. The van der Waals surface area contributed by atoms with E-state index in [0.717, 1.165) is 0 Å². The maximum Gasteiger partial charge on any atom is 0.316 e. The van der Waals surface area contributed by atoms with Crippen LogP contribution < -0.4 is 0 Å². The molecule has 0 heterocycles. The van der Waals surface area contributed by atoms with Crippen LogP contribution in [0.1, 0.15) is 31.4 Å². The smallest absolute Gasteiger partial charge is 0.316 e. The molecule has 0 bridgehead atoms. The average Bonchev–Trinajstić information content (AvgIpc) is 2.39. The van der Waals surface area contributed by atoms with Crippen LogP contribution in [-0.4, -0.2) is 12.6 Å². The Balaban J connectivity index is 3.31. The second kappa shape index (κ2) is 6.02. The summed E-state index contributed by atoms with van der Waals surface area (Å²) in [6.07, 6.45) is 2.11. The van der Waals surface area contributed by atoms with Gasteiger partial charge < -0.3 is 4.74 Å². The zero-order valence-electron chi connectivity index (χ0n) is 10.8. The van der Waals surface area contributed by atoms with Crippen molar-refractivity contribution in [3.05, 3.63) is 48.0 Å². The van der Waals surface area contributed by atoms with Crippen molar-refractivity contribution in [2.45, 2.75) is 25.7 Å². The molecule has 0 radical (unpaired) electrons. The van der Waals surface area contributed by atoms with Crippen molar-refractivity contribution in [1.29, 1.82) is 5.26 Å². The average molecular weight is 243 g/mol. The maximum absolute atomic E-state index is 12.1. The highest BCUT2D eigenvalue weighted by molar-refractivity contribution is 5.84. The van der Waals surface area contributed by atoms with Gasteiger partial charge in [0.25, 0.3) is 0 Å². The van der Waals surface area contributed by atoms with Crippen LogP contribution >= 0.6 is 0 Å². The van der Waals surface area contributed by atoms with Gasteiger partial charge in [-0.2, -0.15) is 5.26 Å². The van der Waals surface area contributed by atoms with E-state index in [2.05, 4.69) is 12.6 Å². The fraction of sp³-hybridized carbons (Fsp3) is 0.333. The molecular formula is C15H17NO2. The number of carbonyl (C=O) groups excluding carboxylic acids is 1. The lowest BCUT2D eigenvalue weighted by Gasteiger charge is -2.27. The highest BCUT2D eigenvalue weighted by Gasteiger charge is 2.37. The number of rotatable bonds is 5. The molecule has 0 saturated carbocycles. The maximum atomic E-state index is 12.1. The molecule has 0 spiro atoms. The monoisotopic (exact) mass is 243 g/mol. The molecule has 0 aliphatic carbocycles. The zero-order valence-corrected chi connectivity index (χ0v) is 10.8. The van der Waals surface area contributed by atoms with Gasteiger partial charge in [-0.1, -0.05) is 24.3 Å². The van der Waals surface area contributed by atoms with E-state index in [-0.39, 0.29) is 5.97 Å². The Hall–Kier alpha value is -2.08. The van der Waals surface area contributed by atoms with Gasteiger partial charge in [-0.15, -0.1) is 6.58 Å². The molecular weight excluding hydrogens is 226 g/mol. The van der Waals surface area contributed by atoms with Crippen LogP contribution in [0.2, 0.25) is 0 Å². The summed E-state index contributed by atoms with van der Waals surface area (Å²) in [5, 5.41) is 9.13. The standard InChI is InChI=1S/C15H17NO2/c1-4-10-15(3,14(17)18-5-2)13-9-7-6-8-12(13)11-16/h4,6-9H,1,5,10H2,2-3H3. The van der Waals surface area contributed by atoms with Crippen molar-refractivity contribution in [3.8, 4) is 6.07 Å². The summed E-state index contributed by atoms with van der Waals surface area (Å²) < 4.78 is 5.12. The van der Waals surface area contributed by atoms with Gasteiger partial charge in [0.2, 0.25) is 0 Å². The molecule has 1 aromatic carbocycles. The second-order valence-electron chi connectivity index (χ2n) is 4.20. The molecule has 18 heavy (non-hydrogen) atoms. The van der Waals surface area contributed by atoms with E-state index >= 15 is 0 Å². The first-order valence-corrected chi connectivity index (χ1v) is 5.88. The quantitative estimate of drug-likeness (QED) is 0.590. The van der Waals surface area contributed by atoms with E-state index in [1.54, 1.807) is 38.1 Å². The first-order chi connectivity index (χ1) is 8.60. The molecule has 94 valence electrons. The third-order valence-electron chi connectivity index (χ3n) is 2.92. The van der Waals surface area contributed by atoms with Gasteiger partial charge in [-0.05, 0) is 31.9 Å². The van der Waals surface area contributed by atoms with Crippen LogP contribution in [0.15, 0.2) is 36.9 Å². The van der Waals surface area contributed by atoms with Crippen LogP contribution in [-0.2, 0) is 14.9 Å². The molecule has 0 aliphatic heterocycles. The second-order valence-corrected chi connectivity index (χ2v) is 4.20. The van der Waals surface area contributed by atoms with Crippen molar-refractivity contribution >= 4 is 5.97 Å². The predicted octanol–water partition coefficient (Wildman–Crippen LogP) is 2.96. The van der Waals surface area contributed by atoms with Crippen LogP contribution in [0.3, 0.4) is 0 Å². The third-order valence-corrected chi connectivity index (χ3v) is 2.92. The molecule has 1 unspecified atom stereocenters. The number of benzene rings is 1. The molecule has 3 nitrogen and oxygen atoms in total. The van der Waals surface area contributed by atoms with E-state index in [4.69, 9.17) is 10.00 Å². The molecule has 1 rings (SSSR count). The van der Waals surface area contributed by atoms with E-state index in [1.165, 1.54) is 0 Å². The van der Waals surface area contributed by atoms with Gasteiger partial charge >= 0.3 is 5.97 Å². The number of esters is 1. The van der Waals surface area contributed by atoms with E-state index in [1.807, 2.05) is 6.07 Å². The summed E-state index contributed by atoms with van der Waals surface area (Å²) in [6, 6.07) is 9.20. The number of hydrogen-bond acceptors (Lipinski definition) is 3. The van der Waals surface area contributed by atoms with Crippen molar-refractivity contribution in [3.63, 3.8) is 0 Å². The van der Waals surface area contributed by atoms with Gasteiger partial charge in [0.05, 0.1) is 23.7 Å². The summed E-state index contributed by atoms with van der Waals surface area (Å²) in [7, 11) is 0. The SMILES string of the molecule is C=CCC(C)(C(=O)OCC)c1ccccc1C#N. The zero-order chi connectivity index (χ0) is 13.6. The Morgan fingerprint density at radius 2 is 2.22 bits per heavy atom. The molecule has 3 heteroatoms. The molecule has 0 saturated heterocycles. The lowest BCUT2D eigenvalue weighted by atomic mass is 9.77. The lowest BCUT2D eigenvalue weighted by molar-refractivity contribution is -0.149. The summed E-state index contributed by atoms with van der Waals surface area (Å²) >= 11 is 0. The van der Waals surface area contributed by atoms with E-state index in [0.29, 0.717) is 24.2 Å². The lowest BCUT2D eigenvalue weighted by Crippen LogP contribution is -2.34. The minimum absolute atomic E-state index is 0.320. The molecule has 1 atom stereocenters. The van der Waals surface area contributed by atoms with Gasteiger partial charge in [0.15, 0.2) is 0 Å². The highest BCUT2D eigenvalue weighted by Crippen LogP contribution is 2.32. The number of hydrogen-bond donors (Lipinski definition) is 0. The fourth-order valence-electron chi connectivity index (χ4n) is 1.94. The molecule has 0 aliphatic rings. The van der Waals surface area contributed by atoms with Crippen LogP contribution in [0.25, 0.3) is 0 Å². The van der Waals surface area contributed by atoms with E-state index < -0.39 is 5.41 Å². The molecule has 0 N–H and O–H groups in total. The van der Waals surface area contributed by atoms with Gasteiger partial charge in [0, 0.05) is 0 Å². The molecule has 0 aromatic heterocycles. The van der Waals surface area contributed by atoms with Crippen molar-refractivity contribution in [2.75, 3.05) is 6.61 Å². The van der Waals surface area contributed by atoms with Gasteiger partial charge in [-0.25, -0.2) is 0 Å². The third kappa shape index (κ3) is 2.60. The van der Waals surface area contributed by atoms with Crippen molar-refractivity contribution in [1.82, 2.24) is 0 Å². The number of allylic oxidation sites excluding steroid dienone is 1. The number of nitrogens with zero attached hydrogens (tertiary/aromatic N) is 1. The normalized spacial score (nSPS) is 13.2. The first-order valence-electron chi connectivity index (χ1n) is 5.88.